The van der Waals surface area contributed by atoms with Gasteiger partial charge in [0.2, 0.25) is 0 Å². The summed E-state index contributed by atoms with van der Waals surface area (Å²) in [5.74, 6) is 0.727. The molecule has 1 amide bonds. The van der Waals surface area contributed by atoms with Gasteiger partial charge in [0.1, 0.15) is 11.4 Å². The molecule has 0 radical (unpaired) electrons. The van der Waals surface area contributed by atoms with Gasteiger partial charge < -0.3 is 10.3 Å². The van der Waals surface area contributed by atoms with Gasteiger partial charge in [-0.15, -0.1) is 0 Å². The monoisotopic (exact) mass is 272 g/mol. The Morgan fingerprint density at radius 3 is 2.85 bits per heavy atom. The molecule has 2 heterocycles. The highest BCUT2D eigenvalue weighted by molar-refractivity contribution is 5.93. The van der Waals surface area contributed by atoms with Gasteiger partial charge >= 0.3 is 0 Å². The normalized spacial score (nSPS) is 22.6. The Morgan fingerprint density at radius 2 is 2.15 bits per heavy atom. The second kappa shape index (κ2) is 5.53. The summed E-state index contributed by atoms with van der Waals surface area (Å²) in [5, 5.41) is 10.1. The van der Waals surface area contributed by atoms with Crippen molar-refractivity contribution in [2.75, 3.05) is 0 Å². The molecule has 1 aliphatic rings. The maximum absolute atomic E-state index is 12.2. The summed E-state index contributed by atoms with van der Waals surface area (Å²) in [4.78, 5) is 15.3. The number of H-pyrrole nitrogens is 2. The zero-order valence-electron chi connectivity index (χ0n) is 11.6. The van der Waals surface area contributed by atoms with Crippen molar-refractivity contribution in [3.63, 3.8) is 0 Å². The van der Waals surface area contributed by atoms with E-state index in [1.165, 1.54) is 12.8 Å². The molecule has 1 fully saturated rings. The number of aromatic nitrogens is 3. The molecule has 5 heteroatoms. The summed E-state index contributed by atoms with van der Waals surface area (Å²) in [7, 11) is 0. The van der Waals surface area contributed by atoms with Crippen LogP contribution in [0.15, 0.2) is 24.4 Å². The van der Waals surface area contributed by atoms with Crippen LogP contribution in [0.25, 0.3) is 11.4 Å². The molecular weight excluding hydrogens is 252 g/mol. The van der Waals surface area contributed by atoms with E-state index in [9.17, 15) is 4.79 Å². The van der Waals surface area contributed by atoms with E-state index in [1.54, 1.807) is 6.07 Å². The molecule has 0 aliphatic heterocycles. The molecule has 1 saturated carbocycles. The molecular formula is C15H20N4O. The average Bonchev–Trinajstić information content (AvgIpc) is 3.11. The van der Waals surface area contributed by atoms with Crippen LogP contribution in [-0.2, 0) is 0 Å². The van der Waals surface area contributed by atoms with E-state index >= 15 is 0 Å². The number of nitrogens with zero attached hydrogens (tertiary/aromatic N) is 1. The van der Waals surface area contributed by atoms with E-state index in [1.807, 2.05) is 18.3 Å². The van der Waals surface area contributed by atoms with Crippen LogP contribution in [0.5, 0.6) is 0 Å². The van der Waals surface area contributed by atoms with Crippen LogP contribution < -0.4 is 5.32 Å². The van der Waals surface area contributed by atoms with Crippen LogP contribution in [0.4, 0.5) is 0 Å². The van der Waals surface area contributed by atoms with E-state index in [0.717, 1.165) is 30.1 Å². The second-order valence-corrected chi connectivity index (χ2v) is 5.68. The number of hydrogen-bond acceptors (Lipinski definition) is 2. The van der Waals surface area contributed by atoms with Gasteiger partial charge in [0.15, 0.2) is 0 Å². The average molecular weight is 272 g/mol. The minimum Gasteiger partial charge on any atom is -0.360 e. The Balaban J connectivity index is 1.63. The van der Waals surface area contributed by atoms with Crippen molar-refractivity contribution >= 4 is 5.91 Å². The van der Waals surface area contributed by atoms with Crippen molar-refractivity contribution in [1.29, 1.82) is 0 Å². The topological polar surface area (TPSA) is 73.6 Å². The van der Waals surface area contributed by atoms with Gasteiger partial charge in [-0.1, -0.05) is 6.92 Å². The molecule has 0 atom stereocenters. The zero-order valence-corrected chi connectivity index (χ0v) is 11.6. The number of carbonyl (C=O) groups is 1. The molecule has 3 rings (SSSR count). The summed E-state index contributed by atoms with van der Waals surface area (Å²) in [5.41, 5.74) is 2.19. The van der Waals surface area contributed by atoms with Crippen molar-refractivity contribution in [1.82, 2.24) is 20.5 Å². The van der Waals surface area contributed by atoms with Crippen LogP contribution in [0, 0.1) is 5.92 Å². The van der Waals surface area contributed by atoms with Crippen molar-refractivity contribution in [2.45, 2.75) is 38.6 Å². The maximum Gasteiger partial charge on any atom is 0.269 e. The van der Waals surface area contributed by atoms with Crippen molar-refractivity contribution in [3.8, 4) is 11.4 Å². The van der Waals surface area contributed by atoms with Gasteiger partial charge in [0.05, 0.1) is 5.69 Å². The zero-order chi connectivity index (χ0) is 13.9. The Kier molecular flexibility index (Phi) is 3.58. The lowest BCUT2D eigenvalue weighted by Gasteiger charge is -2.26. The molecule has 3 N–H and O–H groups in total. The highest BCUT2D eigenvalue weighted by Gasteiger charge is 2.21. The standard InChI is InChI=1S/C15H20N4O/c1-10-4-6-11(7-5-10)17-15(20)14-9-13(18-19-14)12-3-2-8-16-12/h2-3,8-11,16H,4-7H2,1H3,(H,17,20)(H,18,19). The third-order valence-corrected chi connectivity index (χ3v) is 4.05. The van der Waals surface area contributed by atoms with Crippen molar-refractivity contribution in [3.05, 3.63) is 30.1 Å². The quantitative estimate of drug-likeness (QED) is 0.803. The molecule has 2 aromatic heterocycles. The highest BCUT2D eigenvalue weighted by Crippen LogP contribution is 2.23. The Morgan fingerprint density at radius 1 is 1.35 bits per heavy atom. The third kappa shape index (κ3) is 2.76. The number of nitrogens with one attached hydrogen (secondary N) is 3. The van der Waals surface area contributed by atoms with E-state index in [0.29, 0.717) is 11.7 Å². The molecule has 106 valence electrons. The summed E-state index contributed by atoms with van der Waals surface area (Å²) in [6, 6.07) is 5.93. The predicted octanol–water partition coefficient (Wildman–Crippen LogP) is 2.71. The van der Waals surface area contributed by atoms with Gasteiger partial charge in [0.25, 0.3) is 5.91 Å². The first-order valence-electron chi connectivity index (χ1n) is 7.22. The van der Waals surface area contributed by atoms with Gasteiger partial charge in [-0.2, -0.15) is 5.10 Å². The van der Waals surface area contributed by atoms with Crippen molar-refractivity contribution < 1.29 is 4.79 Å². The molecule has 5 nitrogen and oxygen atoms in total. The predicted molar refractivity (Wildman–Crippen MR) is 77.3 cm³/mol. The lowest BCUT2D eigenvalue weighted by molar-refractivity contribution is 0.0918. The molecule has 0 aromatic carbocycles. The van der Waals surface area contributed by atoms with Gasteiger partial charge in [0, 0.05) is 12.2 Å². The number of amides is 1. The first-order valence-corrected chi connectivity index (χ1v) is 7.22. The highest BCUT2D eigenvalue weighted by atomic mass is 16.2. The van der Waals surface area contributed by atoms with E-state index in [-0.39, 0.29) is 5.91 Å². The minimum atomic E-state index is -0.0603. The smallest absolute Gasteiger partial charge is 0.269 e. The third-order valence-electron chi connectivity index (χ3n) is 4.05. The SMILES string of the molecule is CC1CCC(NC(=O)c2cc(-c3ccc[nH]3)n[nH]2)CC1. The van der Waals surface area contributed by atoms with Crippen LogP contribution in [-0.4, -0.2) is 27.1 Å². The van der Waals surface area contributed by atoms with Gasteiger partial charge in [-0.25, -0.2) is 0 Å². The number of hydrogen-bond donors (Lipinski definition) is 3. The summed E-state index contributed by atoms with van der Waals surface area (Å²) in [6.45, 7) is 2.27. The maximum atomic E-state index is 12.2. The molecule has 0 unspecified atom stereocenters. The van der Waals surface area contributed by atoms with Crippen LogP contribution >= 0.6 is 0 Å². The Hall–Kier alpha value is -2.04. The van der Waals surface area contributed by atoms with Gasteiger partial charge in [-0.05, 0) is 49.8 Å². The molecule has 0 bridgehead atoms. The lowest BCUT2D eigenvalue weighted by Crippen LogP contribution is -2.37. The van der Waals surface area contributed by atoms with Crippen molar-refractivity contribution in [2.24, 2.45) is 5.92 Å². The molecule has 1 aliphatic carbocycles. The number of rotatable bonds is 3. The first-order chi connectivity index (χ1) is 9.72. The second-order valence-electron chi connectivity index (χ2n) is 5.68. The molecule has 20 heavy (non-hydrogen) atoms. The first kappa shape index (κ1) is 13.0. The van der Waals surface area contributed by atoms with Gasteiger partial charge in [-0.3, -0.25) is 9.89 Å². The largest absolute Gasteiger partial charge is 0.360 e. The van der Waals surface area contributed by atoms with E-state index in [2.05, 4.69) is 27.4 Å². The van der Waals surface area contributed by atoms with Crippen LogP contribution in [0.1, 0.15) is 43.1 Å². The Labute approximate surface area is 118 Å². The summed E-state index contributed by atoms with van der Waals surface area (Å²) < 4.78 is 0. The molecule has 0 saturated heterocycles. The summed E-state index contributed by atoms with van der Waals surface area (Å²) >= 11 is 0. The van der Waals surface area contributed by atoms with E-state index in [4.69, 9.17) is 0 Å². The van der Waals surface area contributed by atoms with Crippen LogP contribution in [0.3, 0.4) is 0 Å². The molecule has 2 aromatic rings. The fourth-order valence-corrected chi connectivity index (χ4v) is 2.73. The summed E-state index contributed by atoms with van der Waals surface area (Å²) in [6.07, 6.45) is 6.38. The lowest BCUT2D eigenvalue weighted by atomic mass is 9.87. The van der Waals surface area contributed by atoms with Crippen LogP contribution in [0.2, 0.25) is 0 Å². The number of aromatic amines is 2. The number of carbonyl (C=O) groups excluding carboxylic acids is 1. The fourth-order valence-electron chi connectivity index (χ4n) is 2.73. The van der Waals surface area contributed by atoms with E-state index < -0.39 is 0 Å². The minimum absolute atomic E-state index is 0.0603. The Bertz CT molecular complexity index is 564. The molecule has 0 spiro atoms. The fraction of sp³-hybridized carbons (Fsp3) is 0.467.